The number of nitrogens with one attached hydrogen (secondary N) is 2. The summed E-state index contributed by atoms with van der Waals surface area (Å²) in [4.78, 5) is 23.5. The van der Waals surface area contributed by atoms with Crippen LogP contribution >= 0.6 is 23.2 Å². The van der Waals surface area contributed by atoms with Crippen molar-refractivity contribution in [3.63, 3.8) is 0 Å². The Kier molecular flexibility index (Phi) is 5.78. The SMILES string of the molecule is O=C(COc1ccccc1F)NNC(=O)c1cc(Cl)ccc1Cl. The van der Waals surface area contributed by atoms with Gasteiger partial charge in [0.05, 0.1) is 10.6 Å². The Labute approximate surface area is 141 Å². The number of amides is 2. The zero-order chi connectivity index (χ0) is 16.8. The summed E-state index contributed by atoms with van der Waals surface area (Å²) in [6.45, 7) is -0.468. The zero-order valence-corrected chi connectivity index (χ0v) is 13.1. The van der Waals surface area contributed by atoms with Crippen molar-refractivity contribution >= 4 is 35.0 Å². The van der Waals surface area contributed by atoms with Crippen molar-refractivity contribution in [2.75, 3.05) is 6.61 Å². The van der Waals surface area contributed by atoms with E-state index >= 15 is 0 Å². The van der Waals surface area contributed by atoms with Gasteiger partial charge in [-0.2, -0.15) is 0 Å². The molecule has 0 aromatic heterocycles. The third-order valence-corrected chi connectivity index (χ3v) is 3.25. The van der Waals surface area contributed by atoms with Crippen LogP contribution in [0.25, 0.3) is 0 Å². The van der Waals surface area contributed by atoms with Crippen molar-refractivity contribution < 1.29 is 18.7 Å². The van der Waals surface area contributed by atoms with Crippen LogP contribution in [0.3, 0.4) is 0 Å². The molecule has 2 N–H and O–H groups in total. The average molecular weight is 357 g/mol. The predicted molar refractivity (Wildman–Crippen MR) is 84.0 cm³/mol. The van der Waals surface area contributed by atoms with Gasteiger partial charge in [0.1, 0.15) is 0 Å². The van der Waals surface area contributed by atoms with Gasteiger partial charge in [0.15, 0.2) is 18.2 Å². The first-order valence-corrected chi connectivity index (χ1v) is 7.14. The van der Waals surface area contributed by atoms with Gasteiger partial charge in [0.2, 0.25) is 0 Å². The summed E-state index contributed by atoms with van der Waals surface area (Å²) in [5, 5.41) is 0.512. The van der Waals surface area contributed by atoms with Crippen molar-refractivity contribution in [1.82, 2.24) is 10.9 Å². The van der Waals surface area contributed by atoms with Crippen LogP contribution in [0.15, 0.2) is 42.5 Å². The van der Waals surface area contributed by atoms with E-state index in [0.717, 1.165) is 0 Å². The molecule has 0 saturated heterocycles. The highest BCUT2D eigenvalue weighted by Gasteiger charge is 2.12. The fourth-order valence-electron chi connectivity index (χ4n) is 1.61. The highest BCUT2D eigenvalue weighted by Crippen LogP contribution is 2.20. The lowest BCUT2D eigenvalue weighted by Gasteiger charge is -2.10. The Morgan fingerprint density at radius 1 is 1.09 bits per heavy atom. The van der Waals surface area contributed by atoms with Gasteiger partial charge in [0, 0.05) is 5.02 Å². The smallest absolute Gasteiger partial charge is 0.276 e. The van der Waals surface area contributed by atoms with Crippen LogP contribution in [0.4, 0.5) is 4.39 Å². The third kappa shape index (κ3) is 4.84. The first-order valence-electron chi connectivity index (χ1n) is 6.39. The van der Waals surface area contributed by atoms with Crippen molar-refractivity contribution in [3.8, 4) is 5.75 Å². The molecule has 0 aliphatic rings. The minimum Gasteiger partial charge on any atom is -0.481 e. The van der Waals surface area contributed by atoms with Gasteiger partial charge in [-0.3, -0.25) is 20.4 Å². The molecule has 120 valence electrons. The minimum absolute atomic E-state index is 0.0631. The zero-order valence-electron chi connectivity index (χ0n) is 11.6. The third-order valence-electron chi connectivity index (χ3n) is 2.68. The van der Waals surface area contributed by atoms with E-state index < -0.39 is 24.2 Å². The predicted octanol–water partition coefficient (Wildman–Crippen LogP) is 2.97. The lowest BCUT2D eigenvalue weighted by atomic mass is 10.2. The van der Waals surface area contributed by atoms with Crippen LogP contribution in [0.1, 0.15) is 10.4 Å². The lowest BCUT2D eigenvalue weighted by molar-refractivity contribution is -0.123. The maximum atomic E-state index is 13.3. The molecule has 0 saturated carbocycles. The van der Waals surface area contributed by atoms with Gasteiger partial charge in [-0.1, -0.05) is 35.3 Å². The number of rotatable bonds is 4. The molecule has 0 spiro atoms. The number of carbonyl (C=O) groups excluding carboxylic acids is 2. The summed E-state index contributed by atoms with van der Waals surface area (Å²) in [5.41, 5.74) is 4.40. The van der Waals surface area contributed by atoms with Gasteiger partial charge >= 0.3 is 0 Å². The van der Waals surface area contributed by atoms with E-state index in [1.807, 2.05) is 0 Å². The quantitative estimate of drug-likeness (QED) is 0.827. The Balaban J connectivity index is 1.86. The van der Waals surface area contributed by atoms with Gasteiger partial charge in [-0.05, 0) is 30.3 Å². The van der Waals surface area contributed by atoms with E-state index in [0.29, 0.717) is 5.02 Å². The Hall–Kier alpha value is -2.31. The molecule has 0 aliphatic carbocycles. The molecule has 0 atom stereocenters. The molecule has 2 amide bonds. The van der Waals surface area contributed by atoms with Crippen LogP contribution in [0.5, 0.6) is 5.75 Å². The molecule has 8 heteroatoms. The highest BCUT2D eigenvalue weighted by molar-refractivity contribution is 6.35. The van der Waals surface area contributed by atoms with Gasteiger partial charge in [-0.25, -0.2) is 4.39 Å². The second-order valence-corrected chi connectivity index (χ2v) is 5.19. The molecule has 2 aromatic rings. The van der Waals surface area contributed by atoms with Crippen LogP contribution < -0.4 is 15.6 Å². The fraction of sp³-hybridized carbons (Fsp3) is 0.0667. The lowest BCUT2D eigenvalue weighted by Crippen LogP contribution is -2.44. The molecule has 0 fully saturated rings. The number of ether oxygens (including phenoxy) is 1. The van der Waals surface area contributed by atoms with Crippen LogP contribution in [0.2, 0.25) is 10.0 Å². The second-order valence-electron chi connectivity index (χ2n) is 4.35. The molecular weight excluding hydrogens is 346 g/mol. The average Bonchev–Trinajstić information content (AvgIpc) is 2.54. The summed E-state index contributed by atoms with van der Waals surface area (Å²) >= 11 is 11.6. The number of benzene rings is 2. The van der Waals surface area contributed by atoms with E-state index in [-0.39, 0.29) is 16.3 Å². The summed E-state index contributed by atoms with van der Waals surface area (Å²) in [7, 11) is 0. The first kappa shape index (κ1) is 17.1. The molecule has 0 unspecified atom stereocenters. The summed E-state index contributed by atoms with van der Waals surface area (Å²) < 4.78 is 18.3. The number of hydrogen-bond donors (Lipinski definition) is 2. The second kappa shape index (κ2) is 7.80. The number of halogens is 3. The molecule has 2 rings (SSSR count). The van der Waals surface area contributed by atoms with Crippen molar-refractivity contribution in [2.45, 2.75) is 0 Å². The van der Waals surface area contributed by atoms with Crippen molar-refractivity contribution in [1.29, 1.82) is 0 Å². The van der Waals surface area contributed by atoms with E-state index in [2.05, 4.69) is 10.9 Å². The van der Waals surface area contributed by atoms with Crippen LogP contribution in [-0.4, -0.2) is 18.4 Å². The molecule has 0 radical (unpaired) electrons. The first-order chi connectivity index (χ1) is 11.0. The molecule has 0 bridgehead atoms. The molecule has 0 aliphatic heterocycles. The van der Waals surface area contributed by atoms with Crippen molar-refractivity contribution in [2.24, 2.45) is 0 Å². The number of para-hydroxylation sites is 1. The Bertz CT molecular complexity index is 740. The Morgan fingerprint density at radius 2 is 1.83 bits per heavy atom. The molecular formula is C15H11Cl2FN2O3. The molecule has 0 heterocycles. The monoisotopic (exact) mass is 356 g/mol. The Morgan fingerprint density at radius 3 is 2.57 bits per heavy atom. The topological polar surface area (TPSA) is 67.4 Å². The van der Waals surface area contributed by atoms with E-state index in [1.54, 1.807) is 6.07 Å². The highest BCUT2D eigenvalue weighted by atomic mass is 35.5. The van der Waals surface area contributed by atoms with Gasteiger partial charge < -0.3 is 4.74 Å². The number of carbonyl (C=O) groups is 2. The minimum atomic E-state index is -0.667. The summed E-state index contributed by atoms with van der Waals surface area (Å²) in [6, 6.07) is 10.0. The van der Waals surface area contributed by atoms with Crippen LogP contribution in [-0.2, 0) is 4.79 Å². The summed E-state index contributed by atoms with van der Waals surface area (Å²) in [6.07, 6.45) is 0. The van der Waals surface area contributed by atoms with Gasteiger partial charge in [0.25, 0.3) is 11.8 Å². The number of hydrazine groups is 1. The molecule has 23 heavy (non-hydrogen) atoms. The van der Waals surface area contributed by atoms with E-state index in [1.165, 1.54) is 36.4 Å². The maximum absolute atomic E-state index is 13.3. The van der Waals surface area contributed by atoms with E-state index in [4.69, 9.17) is 27.9 Å². The molecule has 2 aromatic carbocycles. The number of hydrogen-bond acceptors (Lipinski definition) is 3. The standard InChI is InChI=1S/C15H11Cl2FN2O3/c16-9-5-6-11(17)10(7-9)15(22)20-19-14(21)8-23-13-4-2-1-3-12(13)18/h1-7H,8H2,(H,19,21)(H,20,22). The van der Waals surface area contributed by atoms with Gasteiger partial charge in [-0.15, -0.1) is 0 Å². The molecule has 5 nitrogen and oxygen atoms in total. The van der Waals surface area contributed by atoms with Crippen molar-refractivity contribution in [3.05, 3.63) is 63.9 Å². The normalized spacial score (nSPS) is 10.0. The van der Waals surface area contributed by atoms with E-state index in [9.17, 15) is 14.0 Å². The maximum Gasteiger partial charge on any atom is 0.276 e. The fourth-order valence-corrected chi connectivity index (χ4v) is 1.98. The van der Waals surface area contributed by atoms with Crippen LogP contribution in [0, 0.1) is 5.82 Å². The summed E-state index contributed by atoms with van der Waals surface area (Å²) in [5.74, 6) is -1.96. The largest absolute Gasteiger partial charge is 0.481 e.